The number of aromatic nitrogens is 2. The van der Waals surface area contributed by atoms with Gasteiger partial charge in [0.2, 0.25) is 15.9 Å². The molecule has 164 valence electrons. The van der Waals surface area contributed by atoms with Crippen molar-refractivity contribution < 1.29 is 17.7 Å². The third-order valence-corrected chi connectivity index (χ3v) is 7.58. The van der Waals surface area contributed by atoms with Crippen molar-refractivity contribution in [1.82, 2.24) is 19.8 Å². The van der Waals surface area contributed by atoms with E-state index in [1.165, 1.54) is 10.4 Å². The maximum atomic E-state index is 13.0. The zero-order valence-corrected chi connectivity index (χ0v) is 19.0. The van der Waals surface area contributed by atoms with Crippen molar-refractivity contribution in [2.24, 2.45) is 5.92 Å². The van der Waals surface area contributed by atoms with Crippen LogP contribution in [-0.2, 0) is 10.0 Å². The van der Waals surface area contributed by atoms with Crippen LogP contribution in [0.5, 0.6) is 0 Å². The van der Waals surface area contributed by atoms with Gasteiger partial charge in [0.25, 0.3) is 5.91 Å². The lowest BCUT2D eigenvalue weighted by atomic mass is 10.0. The molecule has 1 saturated carbocycles. The highest BCUT2D eigenvalue weighted by atomic mass is 32.2. The first kappa shape index (κ1) is 22.4. The summed E-state index contributed by atoms with van der Waals surface area (Å²) >= 11 is 0. The first-order valence-corrected chi connectivity index (χ1v) is 11.9. The van der Waals surface area contributed by atoms with Gasteiger partial charge in [0.05, 0.1) is 4.90 Å². The van der Waals surface area contributed by atoms with Gasteiger partial charge in [0, 0.05) is 24.6 Å². The summed E-state index contributed by atoms with van der Waals surface area (Å²) < 4.78 is 32.7. The Morgan fingerprint density at radius 2 is 1.93 bits per heavy atom. The van der Waals surface area contributed by atoms with E-state index in [2.05, 4.69) is 15.5 Å². The molecule has 0 bridgehead atoms. The standard InChI is InChI=1S/C21H30N4O4S/c1-6-25(7-2)30(27,28)17-12-16(9-8-14(17)5)20(26)22-18(13(3)4)21-23-19(24-29-21)15-10-11-15/h8-9,12-13,15,18H,6-7,10-11H2,1-5H3,(H,22,26). The second-order valence-corrected chi connectivity index (χ2v) is 9.94. The van der Waals surface area contributed by atoms with Crippen LogP contribution in [0.25, 0.3) is 0 Å². The highest BCUT2D eigenvalue weighted by Crippen LogP contribution is 2.38. The summed E-state index contributed by atoms with van der Waals surface area (Å²) in [7, 11) is -3.67. The Balaban J connectivity index is 1.86. The van der Waals surface area contributed by atoms with E-state index in [1.807, 2.05) is 13.8 Å². The van der Waals surface area contributed by atoms with Crippen LogP contribution in [-0.4, -0.2) is 41.9 Å². The number of rotatable bonds is 9. The van der Waals surface area contributed by atoms with Crippen LogP contribution in [0.3, 0.4) is 0 Å². The average molecular weight is 435 g/mol. The fourth-order valence-corrected chi connectivity index (χ4v) is 5.05. The maximum absolute atomic E-state index is 13.0. The SMILES string of the molecule is CCN(CC)S(=O)(=O)c1cc(C(=O)NC(c2nc(C3CC3)no2)C(C)C)ccc1C. The number of carbonyl (C=O) groups excluding carboxylic acids is 1. The Morgan fingerprint density at radius 1 is 1.27 bits per heavy atom. The third-order valence-electron chi connectivity index (χ3n) is 5.39. The summed E-state index contributed by atoms with van der Waals surface area (Å²) in [5, 5.41) is 6.97. The lowest BCUT2D eigenvalue weighted by molar-refractivity contribution is 0.0913. The fraction of sp³-hybridized carbons (Fsp3) is 0.571. The number of sulfonamides is 1. The van der Waals surface area contributed by atoms with Crippen LogP contribution in [0.4, 0.5) is 0 Å². The molecule has 1 aromatic heterocycles. The van der Waals surface area contributed by atoms with Crippen LogP contribution in [0.1, 0.15) is 80.1 Å². The molecule has 0 radical (unpaired) electrons. The molecule has 3 rings (SSSR count). The fourth-order valence-electron chi connectivity index (χ4n) is 3.34. The summed E-state index contributed by atoms with van der Waals surface area (Å²) in [6.45, 7) is 9.96. The number of amides is 1. The Bertz CT molecular complexity index is 1010. The van der Waals surface area contributed by atoms with E-state index in [0.717, 1.165) is 12.8 Å². The number of hydrogen-bond acceptors (Lipinski definition) is 6. The molecular weight excluding hydrogens is 404 g/mol. The topological polar surface area (TPSA) is 105 Å². The van der Waals surface area contributed by atoms with E-state index in [-0.39, 0.29) is 22.3 Å². The van der Waals surface area contributed by atoms with Crippen molar-refractivity contribution in [2.45, 2.75) is 64.3 Å². The zero-order valence-electron chi connectivity index (χ0n) is 18.2. The highest BCUT2D eigenvalue weighted by Gasteiger charge is 2.32. The van der Waals surface area contributed by atoms with Gasteiger partial charge in [-0.2, -0.15) is 9.29 Å². The number of aryl methyl sites for hydroxylation is 1. The van der Waals surface area contributed by atoms with E-state index in [4.69, 9.17) is 4.52 Å². The van der Waals surface area contributed by atoms with Crippen molar-refractivity contribution in [3.63, 3.8) is 0 Å². The average Bonchev–Trinajstić information content (AvgIpc) is 3.44. The minimum Gasteiger partial charge on any atom is -0.340 e. The van der Waals surface area contributed by atoms with Gasteiger partial charge in [0.15, 0.2) is 5.82 Å². The third kappa shape index (κ3) is 4.57. The second kappa shape index (κ2) is 8.85. The molecule has 9 heteroatoms. The quantitative estimate of drug-likeness (QED) is 0.648. The predicted octanol–water partition coefficient (Wildman–Crippen LogP) is 3.41. The number of hydrogen-bond donors (Lipinski definition) is 1. The monoisotopic (exact) mass is 434 g/mol. The summed E-state index contributed by atoms with van der Waals surface area (Å²) in [6, 6.07) is 4.28. The van der Waals surface area contributed by atoms with E-state index < -0.39 is 16.1 Å². The molecule has 1 aromatic carbocycles. The lowest BCUT2D eigenvalue weighted by Gasteiger charge is -2.21. The first-order valence-electron chi connectivity index (χ1n) is 10.4. The Morgan fingerprint density at radius 3 is 2.50 bits per heavy atom. The molecule has 1 amide bonds. The van der Waals surface area contributed by atoms with Crippen LogP contribution in [0.15, 0.2) is 27.6 Å². The van der Waals surface area contributed by atoms with Gasteiger partial charge in [-0.05, 0) is 43.4 Å². The van der Waals surface area contributed by atoms with Gasteiger partial charge in [-0.15, -0.1) is 0 Å². The lowest BCUT2D eigenvalue weighted by Crippen LogP contribution is -2.33. The molecule has 8 nitrogen and oxygen atoms in total. The molecule has 1 atom stereocenters. The molecule has 1 heterocycles. The van der Waals surface area contributed by atoms with Gasteiger partial charge >= 0.3 is 0 Å². The molecule has 1 fully saturated rings. The van der Waals surface area contributed by atoms with Gasteiger partial charge in [-0.3, -0.25) is 4.79 Å². The van der Waals surface area contributed by atoms with Gasteiger partial charge in [0.1, 0.15) is 6.04 Å². The number of carbonyl (C=O) groups is 1. The van der Waals surface area contributed by atoms with Crippen LogP contribution < -0.4 is 5.32 Å². The Hall–Kier alpha value is -2.26. The van der Waals surface area contributed by atoms with Crippen molar-refractivity contribution in [2.75, 3.05) is 13.1 Å². The van der Waals surface area contributed by atoms with Crippen LogP contribution in [0.2, 0.25) is 0 Å². The predicted molar refractivity (Wildman–Crippen MR) is 113 cm³/mol. The second-order valence-electron chi connectivity index (χ2n) is 8.03. The molecular formula is C21H30N4O4S. The molecule has 0 aliphatic heterocycles. The van der Waals surface area contributed by atoms with Crippen molar-refractivity contribution in [3.05, 3.63) is 41.0 Å². The molecule has 2 aromatic rings. The van der Waals surface area contributed by atoms with Crippen molar-refractivity contribution in [1.29, 1.82) is 0 Å². The summed E-state index contributed by atoms with van der Waals surface area (Å²) in [5.41, 5.74) is 0.878. The Labute approximate surface area is 178 Å². The minimum absolute atomic E-state index is 0.0192. The normalized spacial score (nSPS) is 15.6. The number of nitrogens with one attached hydrogen (secondary N) is 1. The minimum atomic E-state index is -3.67. The highest BCUT2D eigenvalue weighted by molar-refractivity contribution is 7.89. The molecule has 1 unspecified atom stereocenters. The maximum Gasteiger partial charge on any atom is 0.251 e. The van der Waals surface area contributed by atoms with Gasteiger partial charge < -0.3 is 9.84 Å². The Kier molecular flexibility index (Phi) is 6.62. The van der Waals surface area contributed by atoms with Crippen molar-refractivity contribution >= 4 is 15.9 Å². The van der Waals surface area contributed by atoms with Crippen LogP contribution >= 0.6 is 0 Å². The zero-order chi connectivity index (χ0) is 22.1. The van der Waals surface area contributed by atoms with Crippen LogP contribution in [0, 0.1) is 12.8 Å². The first-order chi connectivity index (χ1) is 14.2. The van der Waals surface area contributed by atoms with Gasteiger partial charge in [-0.1, -0.05) is 38.9 Å². The van der Waals surface area contributed by atoms with E-state index >= 15 is 0 Å². The number of nitrogens with zero attached hydrogens (tertiary/aromatic N) is 3. The van der Waals surface area contributed by atoms with E-state index in [0.29, 0.717) is 36.3 Å². The van der Waals surface area contributed by atoms with E-state index in [1.54, 1.807) is 32.9 Å². The molecule has 1 aliphatic carbocycles. The number of benzene rings is 1. The molecule has 0 saturated heterocycles. The van der Waals surface area contributed by atoms with Crippen molar-refractivity contribution in [3.8, 4) is 0 Å². The summed E-state index contributed by atoms with van der Waals surface area (Å²) in [4.78, 5) is 17.6. The molecule has 1 aliphatic rings. The molecule has 30 heavy (non-hydrogen) atoms. The largest absolute Gasteiger partial charge is 0.340 e. The smallest absolute Gasteiger partial charge is 0.251 e. The van der Waals surface area contributed by atoms with Gasteiger partial charge in [-0.25, -0.2) is 8.42 Å². The molecule has 1 N–H and O–H groups in total. The summed E-state index contributed by atoms with van der Waals surface area (Å²) in [5.74, 6) is 1.06. The summed E-state index contributed by atoms with van der Waals surface area (Å²) in [6.07, 6.45) is 2.12. The molecule has 0 spiro atoms. The van der Waals surface area contributed by atoms with E-state index in [9.17, 15) is 13.2 Å².